The third-order valence-corrected chi connectivity index (χ3v) is 4.90. The molecule has 0 spiro atoms. The molecule has 0 aliphatic carbocycles. The molecule has 2 aliphatic rings. The van der Waals surface area contributed by atoms with Crippen molar-refractivity contribution in [1.29, 1.82) is 0 Å². The van der Waals surface area contributed by atoms with Crippen LogP contribution in [0.1, 0.15) is 11.1 Å². The fourth-order valence-corrected chi connectivity index (χ4v) is 3.62. The third-order valence-electron chi connectivity index (χ3n) is 4.65. The standard InChI is InChI=1S/C22H13ClN2O/c23-15-10-12-16(13-11-15)25-21-20(17-8-4-5-9-18(17)24-21)19(22(25)26)14-6-2-1-3-7-14/h1-13H. The summed E-state index contributed by atoms with van der Waals surface area (Å²) in [7, 11) is 0. The van der Waals surface area contributed by atoms with E-state index in [4.69, 9.17) is 16.6 Å². The van der Waals surface area contributed by atoms with Gasteiger partial charge in [-0.3, -0.25) is 9.69 Å². The van der Waals surface area contributed by atoms with E-state index in [2.05, 4.69) is 0 Å². The van der Waals surface area contributed by atoms with Gasteiger partial charge >= 0.3 is 0 Å². The minimum absolute atomic E-state index is 0.0678. The zero-order chi connectivity index (χ0) is 17.7. The molecule has 124 valence electrons. The van der Waals surface area contributed by atoms with E-state index < -0.39 is 0 Å². The van der Waals surface area contributed by atoms with E-state index in [-0.39, 0.29) is 5.91 Å². The van der Waals surface area contributed by atoms with Crippen LogP contribution in [0, 0.1) is 0 Å². The predicted octanol–water partition coefficient (Wildman–Crippen LogP) is 5.34. The number of fused-ring (bicyclic) bond motifs is 3. The van der Waals surface area contributed by atoms with Crippen molar-refractivity contribution in [3.05, 3.63) is 95.0 Å². The fourth-order valence-electron chi connectivity index (χ4n) is 3.50. The molecule has 5 rings (SSSR count). The number of halogens is 1. The number of hydrogen-bond acceptors (Lipinski definition) is 2. The van der Waals surface area contributed by atoms with Crippen molar-refractivity contribution in [3.63, 3.8) is 0 Å². The second-order valence-corrected chi connectivity index (χ2v) is 6.62. The largest absolute Gasteiger partial charge is 0.268 e. The third kappa shape index (κ3) is 2.14. The summed E-state index contributed by atoms with van der Waals surface area (Å²) in [5.41, 5.74) is 5.11. The number of carbonyl (C=O) groups is 1. The Balaban J connectivity index is 1.75. The fraction of sp³-hybridized carbons (Fsp3) is 0. The summed E-state index contributed by atoms with van der Waals surface area (Å²) >= 11 is 6.02. The van der Waals surface area contributed by atoms with E-state index in [0.717, 1.165) is 28.1 Å². The van der Waals surface area contributed by atoms with Crippen LogP contribution in [0.4, 0.5) is 11.4 Å². The quantitative estimate of drug-likeness (QED) is 0.610. The Hall–Kier alpha value is -3.17. The highest BCUT2D eigenvalue weighted by atomic mass is 35.5. The number of amides is 1. The van der Waals surface area contributed by atoms with E-state index in [1.54, 1.807) is 17.0 Å². The maximum atomic E-state index is 13.4. The first-order valence-electron chi connectivity index (χ1n) is 8.32. The lowest BCUT2D eigenvalue weighted by atomic mass is 9.97. The molecule has 0 bridgehead atoms. The average Bonchev–Trinajstić information content (AvgIpc) is 3.17. The molecule has 3 aromatic carbocycles. The first kappa shape index (κ1) is 15.1. The number of rotatable bonds is 2. The molecule has 0 atom stereocenters. The Labute approximate surface area is 155 Å². The van der Waals surface area contributed by atoms with Gasteiger partial charge in [-0.25, -0.2) is 4.99 Å². The van der Waals surface area contributed by atoms with Crippen molar-refractivity contribution in [1.82, 2.24) is 0 Å². The summed E-state index contributed by atoms with van der Waals surface area (Å²) < 4.78 is 0. The highest BCUT2D eigenvalue weighted by Gasteiger charge is 2.42. The number of nitrogens with zero attached hydrogens (tertiary/aromatic N) is 2. The number of aliphatic imine (C=N–C) groups is 1. The topological polar surface area (TPSA) is 32.7 Å². The summed E-state index contributed by atoms with van der Waals surface area (Å²) in [6.45, 7) is 0. The van der Waals surface area contributed by atoms with E-state index >= 15 is 0 Å². The van der Waals surface area contributed by atoms with Crippen LogP contribution >= 0.6 is 11.6 Å². The molecule has 26 heavy (non-hydrogen) atoms. The molecule has 0 radical (unpaired) electrons. The van der Waals surface area contributed by atoms with Gasteiger partial charge in [-0.15, -0.1) is 0 Å². The van der Waals surface area contributed by atoms with Crippen molar-refractivity contribution >= 4 is 45.9 Å². The number of carbonyl (C=O) groups excluding carboxylic acids is 1. The van der Waals surface area contributed by atoms with Gasteiger partial charge in [-0.05, 0) is 35.9 Å². The molecule has 0 saturated heterocycles. The minimum Gasteiger partial charge on any atom is -0.268 e. The van der Waals surface area contributed by atoms with Gasteiger partial charge < -0.3 is 0 Å². The average molecular weight is 357 g/mol. The van der Waals surface area contributed by atoms with Gasteiger partial charge in [0.25, 0.3) is 5.91 Å². The van der Waals surface area contributed by atoms with Gasteiger partial charge in [0.05, 0.1) is 16.9 Å². The monoisotopic (exact) mass is 356 g/mol. The van der Waals surface area contributed by atoms with Crippen molar-refractivity contribution in [2.45, 2.75) is 0 Å². The Morgan fingerprint density at radius 3 is 2.23 bits per heavy atom. The lowest BCUT2D eigenvalue weighted by molar-refractivity contribution is -0.112. The van der Waals surface area contributed by atoms with Crippen LogP contribution in [0.5, 0.6) is 0 Å². The molecular formula is C22H13ClN2O. The number of para-hydroxylation sites is 1. The highest BCUT2D eigenvalue weighted by Crippen LogP contribution is 2.46. The summed E-state index contributed by atoms with van der Waals surface area (Å²) in [5.74, 6) is 0.610. The SMILES string of the molecule is O=C1C(c2ccccc2)=C2C(=Nc3ccccc32)N1c1ccc(Cl)cc1. The summed E-state index contributed by atoms with van der Waals surface area (Å²) in [6, 6.07) is 24.9. The van der Waals surface area contributed by atoms with Gasteiger partial charge in [0.2, 0.25) is 0 Å². The van der Waals surface area contributed by atoms with Gasteiger partial charge in [0.15, 0.2) is 0 Å². The van der Waals surface area contributed by atoms with Gasteiger partial charge in [0, 0.05) is 16.2 Å². The Morgan fingerprint density at radius 1 is 0.769 bits per heavy atom. The smallest absolute Gasteiger partial charge is 0.265 e. The maximum absolute atomic E-state index is 13.4. The van der Waals surface area contributed by atoms with Crippen LogP contribution in [0.3, 0.4) is 0 Å². The van der Waals surface area contributed by atoms with E-state index in [0.29, 0.717) is 16.4 Å². The molecule has 0 saturated carbocycles. The van der Waals surface area contributed by atoms with Gasteiger partial charge in [0.1, 0.15) is 5.84 Å². The van der Waals surface area contributed by atoms with Gasteiger partial charge in [-0.2, -0.15) is 0 Å². The van der Waals surface area contributed by atoms with Crippen molar-refractivity contribution in [2.24, 2.45) is 4.99 Å². The molecule has 1 amide bonds. The molecule has 0 unspecified atom stereocenters. The molecule has 2 heterocycles. The molecule has 4 heteroatoms. The molecule has 2 aliphatic heterocycles. The second kappa shape index (κ2) is 5.68. The maximum Gasteiger partial charge on any atom is 0.265 e. The van der Waals surface area contributed by atoms with Crippen LogP contribution in [0.25, 0.3) is 11.1 Å². The predicted molar refractivity (Wildman–Crippen MR) is 106 cm³/mol. The normalized spacial score (nSPS) is 15.2. The molecule has 3 nitrogen and oxygen atoms in total. The van der Waals surface area contributed by atoms with Crippen LogP contribution in [-0.2, 0) is 4.79 Å². The Kier molecular flexibility index (Phi) is 3.30. The van der Waals surface area contributed by atoms with Crippen LogP contribution < -0.4 is 4.90 Å². The number of anilines is 1. The lowest BCUT2D eigenvalue weighted by Gasteiger charge is -2.17. The zero-order valence-corrected chi connectivity index (χ0v) is 14.4. The molecule has 0 fully saturated rings. The summed E-state index contributed by atoms with van der Waals surface area (Å²) in [6.07, 6.45) is 0. The van der Waals surface area contributed by atoms with E-state index in [9.17, 15) is 4.79 Å². The van der Waals surface area contributed by atoms with Crippen LogP contribution in [0.2, 0.25) is 5.02 Å². The highest BCUT2D eigenvalue weighted by molar-refractivity contribution is 6.59. The van der Waals surface area contributed by atoms with Crippen molar-refractivity contribution < 1.29 is 4.79 Å². The zero-order valence-electron chi connectivity index (χ0n) is 13.7. The van der Waals surface area contributed by atoms with Crippen LogP contribution in [-0.4, -0.2) is 11.7 Å². The molecule has 0 N–H and O–H groups in total. The first-order valence-corrected chi connectivity index (χ1v) is 8.70. The van der Waals surface area contributed by atoms with Gasteiger partial charge in [-0.1, -0.05) is 60.1 Å². The minimum atomic E-state index is -0.0678. The van der Waals surface area contributed by atoms with Crippen molar-refractivity contribution in [2.75, 3.05) is 4.90 Å². The lowest BCUT2D eigenvalue weighted by Crippen LogP contribution is -2.30. The van der Waals surface area contributed by atoms with E-state index in [1.165, 1.54) is 0 Å². The first-order chi connectivity index (χ1) is 12.7. The Bertz CT molecular complexity index is 1100. The summed E-state index contributed by atoms with van der Waals surface area (Å²) in [4.78, 5) is 19.8. The molecule has 3 aromatic rings. The number of benzene rings is 3. The van der Waals surface area contributed by atoms with Crippen molar-refractivity contribution in [3.8, 4) is 0 Å². The molecule has 0 aromatic heterocycles. The molecular weight excluding hydrogens is 344 g/mol. The van der Waals surface area contributed by atoms with Crippen LogP contribution in [0.15, 0.2) is 83.9 Å². The van der Waals surface area contributed by atoms with E-state index in [1.807, 2.05) is 66.7 Å². The second-order valence-electron chi connectivity index (χ2n) is 6.19. The number of hydrogen-bond donors (Lipinski definition) is 0. The summed E-state index contributed by atoms with van der Waals surface area (Å²) in [5, 5.41) is 0.633. The Morgan fingerprint density at radius 2 is 1.46 bits per heavy atom. The number of amidine groups is 1.